The van der Waals surface area contributed by atoms with E-state index in [0.717, 1.165) is 53.7 Å². The smallest absolute Gasteiger partial charge is 0.262 e. The summed E-state index contributed by atoms with van der Waals surface area (Å²) in [6.45, 7) is 0.799. The van der Waals surface area contributed by atoms with Crippen molar-refractivity contribution < 1.29 is 14.3 Å². The Morgan fingerprint density at radius 1 is 1.17 bits per heavy atom. The highest BCUT2D eigenvalue weighted by Crippen LogP contribution is 2.31. The van der Waals surface area contributed by atoms with Crippen molar-refractivity contribution in [3.05, 3.63) is 53.0 Å². The van der Waals surface area contributed by atoms with Crippen molar-refractivity contribution in [3.8, 4) is 5.75 Å². The van der Waals surface area contributed by atoms with Crippen LogP contribution >= 0.6 is 11.3 Å². The minimum atomic E-state index is -0.122. The maximum absolute atomic E-state index is 12.9. The predicted molar refractivity (Wildman–Crippen MR) is 117 cm³/mol. The Hall–Kier alpha value is -2.77. The molecular weight excluding hydrogens is 398 g/mol. The van der Waals surface area contributed by atoms with Crippen LogP contribution in [0.5, 0.6) is 5.75 Å². The lowest BCUT2D eigenvalue weighted by molar-refractivity contribution is -0.118. The summed E-state index contributed by atoms with van der Waals surface area (Å²) in [5, 5.41) is 7.09. The molecule has 0 bridgehead atoms. The summed E-state index contributed by atoms with van der Waals surface area (Å²) in [5.74, 6) is 0.857. The van der Waals surface area contributed by atoms with E-state index in [-0.39, 0.29) is 24.2 Å². The van der Waals surface area contributed by atoms with E-state index in [9.17, 15) is 9.59 Å². The maximum atomic E-state index is 12.9. The van der Waals surface area contributed by atoms with Crippen molar-refractivity contribution in [3.63, 3.8) is 0 Å². The van der Waals surface area contributed by atoms with Crippen LogP contribution in [0, 0.1) is 5.92 Å². The molecule has 1 aromatic heterocycles. The standard InChI is InChI=1S/C23H23N3O3S/c27-21-13-29-19-10-5-14(11-18(19)25-21)12-24-16-8-6-15(7-9-16)22(28)23-26-17-3-1-2-4-20(17)30-23/h1-5,10-11,15-16,24H,6-9,12-13H2,(H,25,27). The van der Waals surface area contributed by atoms with Gasteiger partial charge in [0.05, 0.1) is 15.9 Å². The Balaban J connectivity index is 1.15. The molecule has 0 atom stereocenters. The number of hydrogen-bond donors (Lipinski definition) is 2. The highest BCUT2D eigenvalue weighted by Gasteiger charge is 2.28. The molecule has 0 unspecified atom stereocenters. The Kier molecular flexibility index (Phi) is 5.23. The molecular formula is C23H23N3O3S. The Morgan fingerprint density at radius 3 is 2.83 bits per heavy atom. The highest BCUT2D eigenvalue weighted by atomic mass is 32.1. The van der Waals surface area contributed by atoms with Gasteiger partial charge in [-0.15, -0.1) is 11.3 Å². The van der Waals surface area contributed by atoms with E-state index in [1.54, 1.807) is 0 Å². The molecule has 1 fully saturated rings. The number of nitrogens with zero attached hydrogens (tertiary/aromatic N) is 1. The quantitative estimate of drug-likeness (QED) is 0.605. The molecule has 6 nitrogen and oxygen atoms in total. The van der Waals surface area contributed by atoms with Gasteiger partial charge < -0.3 is 15.4 Å². The molecule has 0 saturated heterocycles. The van der Waals surface area contributed by atoms with Gasteiger partial charge in [-0.3, -0.25) is 9.59 Å². The normalized spacial score (nSPS) is 21.0. The third kappa shape index (κ3) is 3.95. The zero-order valence-electron chi connectivity index (χ0n) is 16.5. The van der Waals surface area contributed by atoms with Crippen LogP contribution in [0.2, 0.25) is 0 Å². The number of anilines is 1. The molecule has 154 valence electrons. The van der Waals surface area contributed by atoms with Crippen LogP contribution in [0.4, 0.5) is 5.69 Å². The first-order chi connectivity index (χ1) is 14.7. The summed E-state index contributed by atoms with van der Waals surface area (Å²) in [7, 11) is 0. The molecule has 0 spiro atoms. The number of nitrogens with one attached hydrogen (secondary N) is 2. The fraction of sp³-hybridized carbons (Fsp3) is 0.348. The van der Waals surface area contributed by atoms with E-state index < -0.39 is 0 Å². The maximum Gasteiger partial charge on any atom is 0.262 e. The number of hydrogen-bond acceptors (Lipinski definition) is 6. The van der Waals surface area contributed by atoms with Crippen molar-refractivity contribution in [2.75, 3.05) is 11.9 Å². The number of rotatable bonds is 5. The molecule has 7 heteroatoms. The summed E-state index contributed by atoms with van der Waals surface area (Å²) in [6.07, 6.45) is 3.74. The van der Waals surface area contributed by atoms with Crippen molar-refractivity contribution in [1.82, 2.24) is 10.3 Å². The lowest BCUT2D eigenvalue weighted by Gasteiger charge is -2.28. The topological polar surface area (TPSA) is 80.3 Å². The largest absolute Gasteiger partial charge is 0.482 e. The molecule has 2 N–H and O–H groups in total. The van der Waals surface area contributed by atoms with Crippen LogP contribution in [0.3, 0.4) is 0 Å². The number of para-hydroxylation sites is 1. The Morgan fingerprint density at radius 2 is 2.00 bits per heavy atom. The molecule has 2 heterocycles. The van der Waals surface area contributed by atoms with E-state index in [2.05, 4.69) is 15.6 Å². The monoisotopic (exact) mass is 421 g/mol. The minimum Gasteiger partial charge on any atom is -0.482 e. The number of aromatic nitrogens is 1. The summed E-state index contributed by atoms with van der Waals surface area (Å²) < 4.78 is 6.48. The second kappa shape index (κ2) is 8.16. The average Bonchev–Trinajstić information content (AvgIpc) is 3.21. The fourth-order valence-electron chi connectivity index (χ4n) is 4.21. The van der Waals surface area contributed by atoms with Gasteiger partial charge in [-0.1, -0.05) is 18.2 Å². The number of carbonyl (C=O) groups is 2. The van der Waals surface area contributed by atoms with Crippen molar-refractivity contribution in [1.29, 1.82) is 0 Å². The lowest BCUT2D eigenvalue weighted by Crippen LogP contribution is -2.34. The second-order valence-electron chi connectivity index (χ2n) is 7.95. The summed E-state index contributed by atoms with van der Waals surface area (Å²) in [4.78, 5) is 28.9. The van der Waals surface area contributed by atoms with Crippen LogP contribution in [0.15, 0.2) is 42.5 Å². The van der Waals surface area contributed by atoms with Gasteiger partial charge >= 0.3 is 0 Å². The number of fused-ring (bicyclic) bond motifs is 2. The van der Waals surface area contributed by atoms with Gasteiger partial charge in [0.15, 0.2) is 17.4 Å². The van der Waals surface area contributed by atoms with E-state index in [1.165, 1.54) is 11.3 Å². The van der Waals surface area contributed by atoms with E-state index in [0.29, 0.717) is 16.8 Å². The number of ether oxygens (including phenoxy) is 1. The minimum absolute atomic E-state index is 0.0692. The molecule has 1 aliphatic carbocycles. The van der Waals surface area contributed by atoms with Crippen molar-refractivity contribution in [2.45, 2.75) is 38.3 Å². The molecule has 0 radical (unpaired) electrons. The Bertz CT molecular complexity index is 1070. The van der Waals surface area contributed by atoms with Gasteiger partial charge in [0, 0.05) is 18.5 Å². The van der Waals surface area contributed by atoms with Gasteiger partial charge in [0.2, 0.25) is 0 Å². The number of ketones is 1. The Labute approximate surface area is 178 Å². The molecule has 1 saturated carbocycles. The second-order valence-corrected chi connectivity index (χ2v) is 8.98. The number of carbonyl (C=O) groups excluding carboxylic acids is 2. The zero-order valence-corrected chi connectivity index (χ0v) is 17.3. The first kappa shape index (κ1) is 19.2. The van der Waals surface area contributed by atoms with Crippen LogP contribution in [-0.2, 0) is 11.3 Å². The molecule has 2 aliphatic rings. The predicted octanol–water partition coefficient (Wildman–Crippen LogP) is 4.16. The zero-order chi connectivity index (χ0) is 20.5. The van der Waals surface area contributed by atoms with Crippen LogP contribution in [0.25, 0.3) is 10.2 Å². The lowest BCUT2D eigenvalue weighted by atomic mass is 9.83. The van der Waals surface area contributed by atoms with Crippen LogP contribution in [-0.4, -0.2) is 29.3 Å². The number of benzene rings is 2. The van der Waals surface area contributed by atoms with E-state index >= 15 is 0 Å². The van der Waals surface area contributed by atoms with Crippen LogP contribution in [0.1, 0.15) is 41.0 Å². The van der Waals surface area contributed by atoms with Gasteiger partial charge in [0.1, 0.15) is 5.75 Å². The highest BCUT2D eigenvalue weighted by molar-refractivity contribution is 7.20. The van der Waals surface area contributed by atoms with Crippen LogP contribution < -0.4 is 15.4 Å². The summed E-state index contributed by atoms with van der Waals surface area (Å²) >= 11 is 1.50. The number of Topliss-reactive ketones (excluding diaryl/α,β-unsaturated/α-hetero) is 1. The van der Waals surface area contributed by atoms with E-state index in [1.807, 2.05) is 42.5 Å². The molecule has 2 aromatic carbocycles. The molecule has 1 aliphatic heterocycles. The molecule has 3 aromatic rings. The van der Waals surface area contributed by atoms with Crippen molar-refractivity contribution in [2.24, 2.45) is 5.92 Å². The van der Waals surface area contributed by atoms with Gasteiger partial charge in [0.25, 0.3) is 5.91 Å². The third-order valence-electron chi connectivity index (χ3n) is 5.87. The average molecular weight is 422 g/mol. The van der Waals surface area contributed by atoms with Gasteiger partial charge in [-0.05, 0) is 55.5 Å². The third-order valence-corrected chi connectivity index (χ3v) is 6.93. The molecule has 1 amide bonds. The van der Waals surface area contributed by atoms with Gasteiger partial charge in [-0.25, -0.2) is 4.98 Å². The van der Waals surface area contributed by atoms with E-state index in [4.69, 9.17) is 4.74 Å². The number of thiazole rings is 1. The van der Waals surface area contributed by atoms with Crippen molar-refractivity contribution >= 4 is 38.9 Å². The molecule has 5 rings (SSSR count). The first-order valence-electron chi connectivity index (χ1n) is 10.3. The van der Waals surface area contributed by atoms with Gasteiger partial charge in [-0.2, -0.15) is 0 Å². The molecule has 30 heavy (non-hydrogen) atoms. The summed E-state index contributed by atoms with van der Waals surface area (Å²) in [5.41, 5.74) is 2.75. The SMILES string of the molecule is O=C1COc2ccc(CNC3CCC(C(=O)c4nc5ccccc5s4)CC3)cc2N1. The first-order valence-corrected chi connectivity index (χ1v) is 11.2. The number of amides is 1. The fourth-order valence-corrected chi connectivity index (χ4v) is 5.20. The summed E-state index contributed by atoms with van der Waals surface area (Å²) in [6, 6.07) is 14.2.